The Labute approximate surface area is 136 Å². The molecule has 0 spiro atoms. The van der Waals surface area contributed by atoms with Crippen LogP contribution < -0.4 is 4.90 Å². The minimum absolute atomic E-state index is 0.0910. The standard InChI is InChI=1S/C19H20N2O2/c1-19(2)18(23)20(3)16-12-8-7-11-15(16)17(22)21(19)13-14-9-5-4-6-10-14/h4-12H,13H2,1-3H3. The Morgan fingerprint density at radius 1 is 0.913 bits per heavy atom. The molecule has 1 heterocycles. The van der Waals surface area contributed by atoms with Crippen LogP contribution in [0.5, 0.6) is 0 Å². The summed E-state index contributed by atoms with van der Waals surface area (Å²) in [5.41, 5.74) is 1.31. The minimum Gasteiger partial charge on any atom is -0.320 e. The van der Waals surface area contributed by atoms with Crippen LogP contribution in [0.2, 0.25) is 0 Å². The molecule has 4 heteroatoms. The van der Waals surface area contributed by atoms with Gasteiger partial charge in [0, 0.05) is 13.6 Å². The summed E-state index contributed by atoms with van der Waals surface area (Å²) in [5.74, 6) is -0.209. The predicted octanol–water partition coefficient (Wildman–Crippen LogP) is 3.08. The Morgan fingerprint density at radius 3 is 2.22 bits per heavy atom. The summed E-state index contributed by atoms with van der Waals surface area (Å²) in [6.45, 7) is 4.01. The molecule has 118 valence electrons. The van der Waals surface area contributed by atoms with Crippen molar-refractivity contribution >= 4 is 17.5 Å². The number of para-hydroxylation sites is 1. The van der Waals surface area contributed by atoms with E-state index in [1.165, 1.54) is 0 Å². The van der Waals surface area contributed by atoms with Crippen molar-refractivity contribution in [1.29, 1.82) is 0 Å². The highest BCUT2D eigenvalue weighted by Gasteiger charge is 2.44. The van der Waals surface area contributed by atoms with Gasteiger partial charge in [0.25, 0.3) is 11.8 Å². The molecule has 1 aliphatic rings. The first-order valence-electron chi connectivity index (χ1n) is 7.66. The van der Waals surface area contributed by atoms with Crippen LogP contribution in [0.1, 0.15) is 29.8 Å². The average molecular weight is 308 g/mol. The lowest BCUT2D eigenvalue weighted by atomic mass is 9.99. The first kappa shape index (κ1) is 15.3. The number of nitrogens with zero attached hydrogens (tertiary/aromatic N) is 2. The lowest BCUT2D eigenvalue weighted by molar-refractivity contribution is -0.127. The number of hydrogen-bond donors (Lipinski definition) is 0. The number of rotatable bonds is 2. The summed E-state index contributed by atoms with van der Waals surface area (Å²) in [5, 5.41) is 0. The van der Waals surface area contributed by atoms with Gasteiger partial charge >= 0.3 is 0 Å². The molecule has 0 saturated heterocycles. The first-order valence-corrected chi connectivity index (χ1v) is 7.66. The van der Waals surface area contributed by atoms with E-state index in [1.54, 1.807) is 36.8 Å². The van der Waals surface area contributed by atoms with Crippen LogP contribution in [-0.4, -0.2) is 29.3 Å². The molecule has 3 rings (SSSR count). The number of carbonyl (C=O) groups is 2. The summed E-state index contributed by atoms with van der Waals surface area (Å²) in [6.07, 6.45) is 0. The van der Waals surface area contributed by atoms with E-state index < -0.39 is 5.54 Å². The molecular weight excluding hydrogens is 288 g/mol. The van der Waals surface area contributed by atoms with Crippen molar-refractivity contribution in [2.75, 3.05) is 11.9 Å². The Hall–Kier alpha value is -2.62. The maximum absolute atomic E-state index is 13.1. The van der Waals surface area contributed by atoms with Gasteiger partial charge in [-0.2, -0.15) is 0 Å². The van der Waals surface area contributed by atoms with Gasteiger partial charge in [0.2, 0.25) is 0 Å². The van der Waals surface area contributed by atoms with E-state index in [4.69, 9.17) is 0 Å². The van der Waals surface area contributed by atoms with Gasteiger partial charge in [-0.05, 0) is 31.5 Å². The van der Waals surface area contributed by atoms with E-state index in [0.717, 1.165) is 5.56 Å². The van der Waals surface area contributed by atoms with Gasteiger partial charge in [-0.3, -0.25) is 9.59 Å². The molecule has 2 aromatic rings. The van der Waals surface area contributed by atoms with Crippen LogP contribution in [0.4, 0.5) is 5.69 Å². The zero-order valence-electron chi connectivity index (χ0n) is 13.6. The monoisotopic (exact) mass is 308 g/mol. The molecule has 0 radical (unpaired) electrons. The summed E-state index contributed by atoms with van der Waals surface area (Å²) in [6, 6.07) is 17.0. The number of fused-ring (bicyclic) bond motifs is 1. The normalized spacial score (nSPS) is 17.0. The van der Waals surface area contributed by atoms with Crippen LogP contribution >= 0.6 is 0 Å². The number of amides is 2. The number of likely N-dealkylation sites (N-methyl/N-ethyl adjacent to an activating group) is 1. The van der Waals surface area contributed by atoms with E-state index in [9.17, 15) is 9.59 Å². The minimum atomic E-state index is -0.916. The molecule has 4 nitrogen and oxygen atoms in total. The number of carbonyl (C=O) groups excluding carboxylic acids is 2. The Morgan fingerprint density at radius 2 is 1.52 bits per heavy atom. The van der Waals surface area contributed by atoms with E-state index in [0.29, 0.717) is 17.8 Å². The van der Waals surface area contributed by atoms with Gasteiger partial charge in [0.05, 0.1) is 11.3 Å². The first-order chi connectivity index (χ1) is 10.9. The molecule has 2 aromatic carbocycles. The summed E-state index contributed by atoms with van der Waals surface area (Å²) < 4.78 is 0. The van der Waals surface area contributed by atoms with E-state index in [2.05, 4.69) is 0 Å². The Balaban J connectivity index is 2.10. The quantitative estimate of drug-likeness (QED) is 0.855. The van der Waals surface area contributed by atoms with Crippen molar-refractivity contribution in [2.45, 2.75) is 25.9 Å². The third kappa shape index (κ3) is 2.50. The van der Waals surface area contributed by atoms with Crippen molar-refractivity contribution in [1.82, 2.24) is 4.90 Å². The lowest BCUT2D eigenvalue weighted by Gasteiger charge is -2.36. The molecule has 1 aliphatic heterocycles. The molecule has 23 heavy (non-hydrogen) atoms. The molecule has 0 saturated carbocycles. The third-order valence-electron chi connectivity index (χ3n) is 4.43. The van der Waals surface area contributed by atoms with Crippen molar-refractivity contribution in [3.8, 4) is 0 Å². The highest BCUT2D eigenvalue weighted by molar-refractivity contribution is 6.12. The molecule has 0 aliphatic carbocycles. The van der Waals surface area contributed by atoms with Gasteiger partial charge in [0.1, 0.15) is 5.54 Å². The molecule has 0 unspecified atom stereocenters. The van der Waals surface area contributed by atoms with E-state index in [-0.39, 0.29) is 11.8 Å². The van der Waals surface area contributed by atoms with Crippen molar-refractivity contribution in [3.05, 3.63) is 65.7 Å². The maximum atomic E-state index is 13.1. The summed E-state index contributed by atoms with van der Waals surface area (Å²) in [7, 11) is 1.72. The van der Waals surface area contributed by atoms with Gasteiger partial charge in [-0.1, -0.05) is 42.5 Å². The number of anilines is 1. The lowest BCUT2D eigenvalue weighted by Crippen LogP contribution is -2.55. The number of benzene rings is 2. The Bertz CT molecular complexity index is 753. The Kier molecular flexibility index (Phi) is 3.68. The smallest absolute Gasteiger partial charge is 0.257 e. The van der Waals surface area contributed by atoms with Crippen molar-refractivity contribution < 1.29 is 9.59 Å². The molecule has 2 amide bonds. The van der Waals surface area contributed by atoms with Crippen molar-refractivity contribution in [3.63, 3.8) is 0 Å². The number of hydrogen-bond acceptors (Lipinski definition) is 2. The molecule has 0 bridgehead atoms. The SMILES string of the molecule is CN1C(=O)C(C)(C)N(Cc2ccccc2)C(=O)c2ccccc21. The van der Waals surface area contributed by atoms with Crippen LogP contribution in [0.15, 0.2) is 54.6 Å². The fourth-order valence-electron chi connectivity index (χ4n) is 3.02. The highest BCUT2D eigenvalue weighted by Crippen LogP contribution is 2.32. The van der Waals surface area contributed by atoms with Crippen molar-refractivity contribution in [2.24, 2.45) is 0 Å². The average Bonchev–Trinajstić information content (AvgIpc) is 2.62. The fraction of sp³-hybridized carbons (Fsp3) is 0.263. The van der Waals surface area contributed by atoms with Gasteiger partial charge in [-0.25, -0.2) is 0 Å². The van der Waals surface area contributed by atoms with Crippen LogP contribution in [0.3, 0.4) is 0 Å². The zero-order chi connectivity index (χ0) is 16.6. The summed E-state index contributed by atoms with van der Waals surface area (Å²) >= 11 is 0. The molecule has 0 aromatic heterocycles. The van der Waals surface area contributed by atoms with E-state index >= 15 is 0 Å². The van der Waals surface area contributed by atoms with Gasteiger partial charge in [0.15, 0.2) is 0 Å². The zero-order valence-corrected chi connectivity index (χ0v) is 13.6. The molecule has 0 atom stereocenters. The third-order valence-corrected chi connectivity index (χ3v) is 4.43. The second-order valence-electron chi connectivity index (χ2n) is 6.32. The molecule has 0 fully saturated rings. The van der Waals surface area contributed by atoms with E-state index in [1.807, 2.05) is 48.5 Å². The molecule has 0 N–H and O–H groups in total. The highest BCUT2D eigenvalue weighted by atomic mass is 16.2. The van der Waals surface area contributed by atoms with Gasteiger partial charge in [-0.15, -0.1) is 0 Å². The van der Waals surface area contributed by atoms with Crippen LogP contribution in [0.25, 0.3) is 0 Å². The fourth-order valence-corrected chi connectivity index (χ4v) is 3.02. The topological polar surface area (TPSA) is 40.6 Å². The largest absolute Gasteiger partial charge is 0.320 e. The second-order valence-corrected chi connectivity index (χ2v) is 6.32. The second kappa shape index (κ2) is 5.54. The van der Waals surface area contributed by atoms with Crippen LogP contribution in [-0.2, 0) is 11.3 Å². The maximum Gasteiger partial charge on any atom is 0.257 e. The van der Waals surface area contributed by atoms with Crippen LogP contribution in [0, 0.1) is 0 Å². The summed E-state index contributed by atoms with van der Waals surface area (Å²) in [4.78, 5) is 29.2. The van der Waals surface area contributed by atoms with Gasteiger partial charge < -0.3 is 9.80 Å². The molecular formula is C19H20N2O2. The predicted molar refractivity (Wildman–Crippen MR) is 90.2 cm³/mol.